The number of fused-ring (bicyclic) bond motifs is 1. The molecule has 0 aromatic heterocycles. The highest BCUT2D eigenvalue weighted by Crippen LogP contribution is 2.69. The van der Waals surface area contributed by atoms with Crippen molar-refractivity contribution in [3.63, 3.8) is 0 Å². The third-order valence-electron chi connectivity index (χ3n) is 11.9. The van der Waals surface area contributed by atoms with Crippen molar-refractivity contribution in [3.8, 4) is 5.75 Å². The number of ketones is 1. The summed E-state index contributed by atoms with van der Waals surface area (Å²) in [5.41, 5.74) is 6.56. The lowest BCUT2D eigenvalue weighted by atomic mass is 9.41. The number of Topliss-reactive ketones (excluding diaryl/α,β-unsaturated/α-hetero) is 1. The highest BCUT2D eigenvalue weighted by molar-refractivity contribution is 6.61. The van der Waals surface area contributed by atoms with E-state index in [1.54, 1.807) is 12.1 Å². The number of rotatable bonds is 6. The molecule has 5 N–H and O–H groups in total. The average Bonchev–Trinajstić information content (AvgIpc) is 3.46. The molecule has 1 heterocycles. The molecule has 2 bridgehead atoms. The van der Waals surface area contributed by atoms with Crippen molar-refractivity contribution in [2.75, 3.05) is 0 Å². The van der Waals surface area contributed by atoms with E-state index >= 15 is 0 Å². The standard InChI is InChI=1S/C30H44BNO7/c1-6-28(4)13-21(24(27(35)36)39-19-11-18(14-32)20-15-38-31(37)22(20)12-19)29(5)16(2)7-9-30(17(3)26(28)34)10-8-23(33)25(29)30/h11-12,16-17,21,24-26,34,37H,6-10,13-15,32H2,1-5H3,(H,35,36)/t16-,17+,21+,24?,25+,26+,28-,29-,30+/m1/s1. The second kappa shape index (κ2) is 9.86. The number of hydrogen-bond acceptors (Lipinski definition) is 7. The van der Waals surface area contributed by atoms with Crippen LogP contribution in [0.5, 0.6) is 5.75 Å². The number of carboxylic acids is 1. The van der Waals surface area contributed by atoms with E-state index in [2.05, 4.69) is 34.6 Å². The molecule has 39 heavy (non-hydrogen) atoms. The molecule has 214 valence electrons. The molecular formula is C30H44BNO7. The minimum atomic E-state index is -1.25. The number of carboxylic acid groups (broad SMARTS) is 1. The van der Waals surface area contributed by atoms with Gasteiger partial charge in [0.05, 0.1) is 12.7 Å². The van der Waals surface area contributed by atoms with Gasteiger partial charge in [0.15, 0.2) is 6.10 Å². The summed E-state index contributed by atoms with van der Waals surface area (Å²) in [4.78, 5) is 26.8. The molecular weight excluding hydrogens is 497 g/mol. The Hall–Kier alpha value is -1.94. The fourth-order valence-corrected chi connectivity index (χ4v) is 9.20. The SMILES string of the molecule is CC[C@]1(C)C[C@@H](C(Oc2cc(CN)c3c(c2)B(O)OC3)C(=O)O)[C@@]2(C)[C@H](C)CC[C@]3(CCC(=O)[C@H]32)[C@@H](C)[C@@H]1O. The molecule has 1 aliphatic heterocycles. The summed E-state index contributed by atoms with van der Waals surface area (Å²) in [6, 6.07) is 3.39. The van der Waals surface area contributed by atoms with Crippen LogP contribution in [0.25, 0.3) is 0 Å². The highest BCUT2D eigenvalue weighted by atomic mass is 16.5. The summed E-state index contributed by atoms with van der Waals surface area (Å²) < 4.78 is 11.8. The van der Waals surface area contributed by atoms with Crippen molar-refractivity contribution in [2.24, 2.45) is 45.7 Å². The van der Waals surface area contributed by atoms with Crippen LogP contribution in [0.4, 0.5) is 0 Å². The Balaban J connectivity index is 1.66. The summed E-state index contributed by atoms with van der Waals surface area (Å²) in [6.07, 6.45) is 2.14. The third kappa shape index (κ3) is 4.10. The van der Waals surface area contributed by atoms with E-state index in [-0.39, 0.29) is 42.1 Å². The number of aliphatic hydroxyl groups excluding tert-OH is 1. The van der Waals surface area contributed by atoms with E-state index in [1.807, 2.05) is 0 Å². The molecule has 0 radical (unpaired) electrons. The number of carbonyl (C=O) groups excluding carboxylic acids is 1. The molecule has 1 aromatic carbocycles. The molecule has 3 saturated carbocycles. The number of benzene rings is 1. The van der Waals surface area contributed by atoms with Gasteiger partial charge in [-0.2, -0.15) is 0 Å². The zero-order valence-electron chi connectivity index (χ0n) is 23.9. The molecule has 3 aliphatic carbocycles. The first-order chi connectivity index (χ1) is 18.3. The minimum absolute atomic E-state index is 0.0683. The summed E-state index contributed by atoms with van der Waals surface area (Å²) in [5.74, 6) is -1.41. The van der Waals surface area contributed by atoms with Crippen LogP contribution in [0.3, 0.4) is 0 Å². The van der Waals surface area contributed by atoms with E-state index in [1.165, 1.54) is 0 Å². The Morgan fingerprint density at radius 2 is 2.00 bits per heavy atom. The Bertz CT molecular complexity index is 1160. The van der Waals surface area contributed by atoms with Gasteiger partial charge in [0, 0.05) is 24.8 Å². The van der Waals surface area contributed by atoms with Gasteiger partial charge in [-0.15, -0.1) is 0 Å². The fourth-order valence-electron chi connectivity index (χ4n) is 9.20. The molecule has 8 nitrogen and oxygen atoms in total. The number of nitrogens with two attached hydrogens (primary N) is 1. The van der Waals surface area contributed by atoms with Gasteiger partial charge in [0.1, 0.15) is 11.5 Å². The van der Waals surface area contributed by atoms with Gasteiger partial charge in [-0.25, -0.2) is 4.79 Å². The van der Waals surface area contributed by atoms with Gasteiger partial charge in [-0.3, -0.25) is 4.79 Å². The lowest BCUT2D eigenvalue weighted by Gasteiger charge is -2.63. The Morgan fingerprint density at radius 3 is 2.64 bits per heavy atom. The van der Waals surface area contributed by atoms with E-state index in [0.717, 1.165) is 30.4 Å². The molecule has 4 aliphatic rings. The van der Waals surface area contributed by atoms with Crippen LogP contribution in [0.1, 0.15) is 84.3 Å². The number of aliphatic hydroxyl groups is 1. The molecule has 0 spiro atoms. The van der Waals surface area contributed by atoms with Gasteiger partial charge in [0.2, 0.25) is 0 Å². The van der Waals surface area contributed by atoms with Gasteiger partial charge in [-0.1, -0.05) is 34.6 Å². The second-order valence-corrected chi connectivity index (χ2v) is 13.4. The van der Waals surface area contributed by atoms with Crippen LogP contribution < -0.4 is 15.9 Å². The lowest BCUT2D eigenvalue weighted by molar-refractivity contribution is -0.199. The zero-order valence-corrected chi connectivity index (χ0v) is 23.9. The van der Waals surface area contributed by atoms with Crippen LogP contribution in [0, 0.1) is 39.9 Å². The summed E-state index contributed by atoms with van der Waals surface area (Å²) in [6.45, 7) is 10.9. The quantitative estimate of drug-likeness (QED) is 0.403. The lowest BCUT2D eigenvalue weighted by Crippen LogP contribution is -2.63. The van der Waals surface area contributed by atoms with E-state index < -0.39 is 42.0 Å². The van der Waals surface area contributed by atoms with Crippen LogP contribution in [0.2, 0.25) is 0 Å². The van der Waals surface area contributed by atoms with Gasteiger partial charge < -0.3 is 30.4 Å². The summed E-state index contributed by atoms with van der Waals surface area (Å²) in [5, 5.41) is 32.9. The van der Waals surface area contributed by atoms with Crippen molar-refractivity contribution < 1.29 is 34.2 Å². The monoisotopic (exact) mass is 541 g/mol. The van der Waals surface area contributed by atoms with E-state index in [0.29, 0.717) is 30.5 Å². The maximum absolute atomic E-state index is 13.7. The molecule has 0 amide bonds. The molecule has 9 atom stereocenters. The normalized spacial score (nSPS) is 40.5. The number of ether oxygens (including phenoxy) is 1. The minimum Gasteiger partial charge on any atom is -0.478 e. The zero-order chi connectivity index (χ0) is 28.5. The van der Waals surface area contributed by atoms with Crippen LogP contribution in [0.15, 0.2) is 12.1 Å². The predicted octanol–water partition coefficient (Wildman–Crippen LogP) is 3.03. The van der Waals surface area contributed by atoms with E-state index in [4.69, 9.17) is 15.1 Å². The molecule has 3 fully saturated rings. The Labute approximate surface area is 231 Å². The van der Waals surface area contributed by atoms with E-state index in [9.17, 15) is 24.8 Å². The molecule has 0 saturated heterocycles. The van der Waals surface area contributed by atoms with Gasteiger partial charge in [-0.05, 0) is 88.9 Å². The molecule has 5 rings (SSSR count). The molecule has 9 heteroatoms. The highest BCUT2D eigenvalue weighted by Gasteiger charge is 2.69. The van der Waals surface area contributed by atoms with Gasteiger partial charge in [0.25, 0.3) is 0 Å². The Morgan fingerprint density at radius 1 is 1.28 bits per heavy atom. The number of hydrogen-bond donors (Lipinski definition) is 4. The van der Waals surface area contributed by atoms with Crippen molar-refractivity contribution in [3.05, 3.63) is 23.3 Å². The van der Waals surface area contributed by atoms with Crippen LogP contribution in [-0.2, 0) is 27.4 Å². The predicted molar refractivity (Wildman–Crippen MR) is 147 cm³/mol. The first-order valence-corrected chi connectivity index (χ1v) is 14.6. The largest absolute Gasteiger partial charge is 0.491 e. The van der Waals surface area contributed by atoms with Gasteiger partial charge >= 0.3 is 13.1 Å². The third-order valence-corrected chi connectivity index (χ3v) is 11.9. The second-order valence-electron chi connectivity index (χ2n) is 13.4. The first-order valence-electron chi connectivity index (χ1n) is 14.6. The Kier molecular flexibility index (Phi) is 7.23. The molecule has 1 aromatic rings. The fraction of sp³-hybridized carbons (Fsp3) is 0.733. The maximum atomic E-state index is 13.7. The van der Waals surface area contributed by atoms with Crippen molar-refractivity contribution in [1.82, 2.24) is 0 Å². The van der Waals surface area contributed by atoms with Crippen molar-refractivity contribution in [2.45, 2.75) is 98.5 Å². The smallest absolute Gasteiger partial charge is 0.478 e. The average molecular weight is 541 g/mol. The van der Waals surface area contributed by atoms with Crippen molar-refractivity contribution >= 4 is 24.3 Å². The van der Waals surface area contributed by atoms with Crippen molar-refractivity contribution in [1.29, 1.82) is 0 Å². The molecule has 1 unspecified atom stereocenters. The summed E-state index contributed by atoms with van der Waals surface area (Å²) in [7, 11) is -1.12. The number of aliphatic carboxylic acids is 1. The maximum Gasteiger partial charge on any atom is 0.491 e. The topological polar surface area (TPSA) is 139 Å². The summed E-state index contributed by atoms with van der Waals surface area (Å²) >= 11 is 0. The first kappa shape index (κ1) is 28.6. The van der Waals surface area contributed by atoms with Crippen LogP contribution in [-0.4, -0.2) is 46.3 Å². The number of carbonyl (C=O) groups is 2. The van der Waals surface area contributed by atoms with Crippen LogP contribution >= 0.6 is 0 Å².